The molecule has 1 aromatic carbocycles. The van der Waals surface area contributed by atoms with Crippen LogP contribution in [0.25, 0.3) is 0 Å². The van der Waals surface area contributed by atoms with E-state index in [-0.39, 0.29) is 5.91 Å². The van der Waals surface area contributed by atoms with Crippen LogP contribution in [0.1, 0.15) is 28.0 Å². The molecule has 0 unspecified atom stereocenters. The molecule has 0 saturated heterocycles. The predicted molar refractivity (Wildman–Crippen MR) is 86.8 cm³/mol. The quantitative estimate of drug-likeness (QED) is 0.820. The first-order valence-electron chi connectivity index (χ1n) is 7.02. The molecular weight excluding hydrogens is 300 g/mol. The maximum absolute atomic E-state index is 12.0. The molecule has 0 atom stereocenters. The Bertz CT molecular complexity index is 655. The van der Waals surface area contributed by atoms with E-state index in [4.69, 9.17) is 9.47 Å². The summed E-state index contributed by atoms with van der Waals surface area (Å²) >= 11 is 1.42. The van der Waals surface area contributed by atoms with Crippen LogP contribution in [0, 0.1) is 6.92 Å². The number of nitrogens with zero attached hydrogens (tertiary/aromatic N) is 2. The van der Waals surface area contributed by atoms with Gasteiger partial charge in [0.25, 0.3) is 5.91 Å². The third kappa shape index (κ3) is 3.76. The summed E-state index contributed by atoms with van der Waals surface area (Å²) in [6, 6.07) is 5.76. The van der Waals surface area contributed by atoms with E-state index in [1.807, 2.05) is 32.0 Å². The van der Waals surface area contributed by atoms with E-state index in [1.165, 1.54) is 11.3 Å². The van der Waals surface area contributed by atoms with Gasteiger partial charge < -0.3 is 14.4 Å². The normalized spacial score (nSPS) is 10.4. The summed E-state index contributed by atoms with van der Waals surface area (Å²) < 4.78 is 11.0. The third-order valence-corrected chi connectivity index (χ3v) is 4.08. The number of aryl methyl sites for hydroxylation is 1. The maximum atomic E-state index is 12.0. The number of rotatable bonds is 6. The molecular formula is C16H20N2O3S. The second-order valence-electron chi connectivity index (χ2n) is 4.89. The van der Waals surface area contributed by atoms with Gasteiger partial charge in [0.05, 0.1) is 7.11 Å². The van der Waals surface area contributed by atoms with Crippen LogP contribution in [0.5, 0.6) is 11.5 Å². The molecule has 118 valence electrons. The Morgan fingerprint density at radius 3 is 2.82 bits per heavy atom. The van der Waals surface area contributed by atoms with Crippen molar-refractivity contribution in [3.63, 3.8) is 0 Å². The van der Waals surface area contributed by atoms with Gasteiger partial charge in [-0.1, -0.05) is 6.07 Å². The Hall–Kier alpha value is -2.08. The van der Waals surface area contributed by atoms with Crippen molar-refractivity contribution in [1.29, 1.82) is 0 Å². The Morgan fingerprint density at radius 1 is 1.36 bits per heavy atom. The highest BCUT2D eigenvalue weighted by atomic mass is 32.1. The fraction of sp³-hybridized carbons (Fsp3) is 0.375. The van der Waals surface area contributed by atoms with E-state index in [0.29, 0.717) is 30.3 Å². The molecule has 0 aliphatic carbocycles. The van der Waals surface area contributed by atoms with Crippen LogP contribution < -0.4 is 9.47 Å². The van der Waals surface area contributed by atoms with Crippen LogP contribution in [0.4, 0.5) is 0 Å². The molecule has 0 saturated carbocycles. The zero-order valence-corrected chi connectivity index (χ0v) is 14.1. The maximum Gasteiger partial charge on any atom is 0.273 e. The average Bonchev–Trinajstić information content (AvgIpc) is 3.00. The average molecular weight is 320 g/mol. The smallest absolute Gasteiger partial charge is 0.273 e. The highest BCUT2D eigenvalue weighted by Crippen LogP contribution is 2.28. The fourth-order valence-corrected chi connectivity index (χ4v) is 2.53. The summed E-state index contributed by atoms with van der Waals surface area (Å²) in [5.41, 5.74) is 1.57. The van der Waals surface area contributed by atoms with Crippen molar-refractivity contribution in [3.8, 4) is 11.5 Å². The number of amides is 1. The van der Waals surface area contributed by atoms with Crippen molar-refractivity contribution in [3.05, 3.63) is 39.8 Å². The number of thiazole rings is 1. The molecule has 2 aromatic rings. The molecule has 0 fully saturated rings. The van der Waals surface area contributed by atoms with Gasteiger partial charge in [0.15, 0.2) is 11.5 Å². The molecule has 0 spiro atoms. The van der Waals surface area contributed by atoms with Gasteiger partial charge >= 0.3 is 0 Å². The summed E-state index contributed by atoms with van der Waals surface area (Å²) in [5.74, 6) is 1.29. The van der Waals surface area contributed by atoms with E-state index in [9.17, 15) is 4.79 Å². The second-order valence-corrected chi connectivity index (χ2v) is 5.83. The Labute approximate surface area is 134 Å². The lowest BCUT2D eigenvalue weighted by Gasteiger charge is -2.12. The summed E-state index contributed by atoms with van der Waals surface area (Å²) in [5, 5.41) is 2.52. The van der Waals surface area contributed by atoms with Crippen molar-refractivity contribution in [2.75, 3.05) is 20.7 Å². The number of benzene rings is 1. The fourth-order valence-electron chi connectivity index (χ4n) is 1.85. The second kappa shape index (κ2) is 7.26. The molecule has 0 N–H and O–H groups in total. The zero-order valence-electron chi connectivity index (χ0n) is 13.3. The molecule has 22 heavy (non-hydrogen) atoms. The number of carbonyl (C=O) groups is 1. The summed E-state index contributed by atoms with van der Waals surface area (Å²) in [4.78, 5) is 18.0. The lowest BCUT2D eigenvalue weighted by atomic mass is 10.2. The molecule has 1 aromatic heterocycles. The molecule has 0 radical (unpaired) electrons. The van der Waals surface area contributed by atoms with Gasteiger partial charge in [-0.2, -0.15) is 0 Å². The van der Waals surface area contributed by atoms with Gasteiger partial charge in [-0.05, 0) is 31.5 Å². The highest BCUT2D eigenvalue weighted by Gasteiger charge is 2.14. The zero-order chi connectivity index (χ0) is 16.1. The summed E-state index contributed by atoms with van der Waals surface area (Å²) in [7, 11) is 3.37. The third-order valence-electron chi connectivity index (χ3n) is 3.26. The van der Waals surface area contributed by atoms with Crippen LogP contribution in [0.2, 0.25) is 0 Å². The first-order chi connectivity index (χ1) is 10.5. The number of hydrogen-bond donors (Lipinski definition) is 0. The largest absolute Gasteiger partial charge is 0.493 e. The van der Waals surface area contributed by atoms with Gasteiger partial charge in [0.1, 0.15) is 17.3 Å². The summed E-state index contributed by atoms with van der Waals surface area (Å²) in [6.07, 6.45) is 0. The highest BCUT2D eigenvalue weighted by molar-refractivity contribution is 7.09. The lowest BCUT2D eigenvalue weighted by molar-refractivity contribution is 0.0797. The first-order valence-corrected chi connectivity index (χ1v) is 7.90. The Balaban J connectivity index is 2.04. The van der Waals surface area contributed by atoms with Crippen molar-refractivity contribution in [1.82, 2.24) is 9.88 Å². The number of hydrogen-bond acceptors (Lipinski definition) is 5. The monoisotopic (exact) mass is 320 g/mol. The van der Waals surface area contributed by atoms with Crippen molar-refractivity contribution in [2.45, 2.75) is 20.5 Å². The number of ether oxygens (including phenoxy) is 2. The molecule has 1 amide bonds. The minimum atomic E-state index is -0.0714. The van der Waals surface area contributed by atoms with Crippen LogP contribution in [-0.2, 0) is 6.61 Å². The van der Waals surface area contributed by atoms with Crippen molar-refractivity contribution >= 4 is 17.2 Å². The molecule has 0 bridgehead atoms. The molecule has 0 aliphatic rings. The summed E-state index contributed by atoms with van der Waals surface area (Å²) in [6.45, 7) is 4.89. The predicted octanol–water partition coefficient (Wildman–Crippen LogP) is 3.13. The van der Waals surface area contributed by atoms with E-state index >= 15 is 0 Å². The van der Waals surface area contributed by atoms with E-state index in [2.05, 4.69) is 4.98 Å². The van der Waals surface area contributed by atoms with E-state index in [1.54, 1.807) is 24.4 Å². The molecule has 6 heteroatoms. The molecule has 0 aliphatic heterocycles. The van der Waals surface area contributed by atoms with Crippen LogP contribution in [-0.4, -0.2) is 36.5 Å². The molecule has 5 nitrogen and oxygen atoms in total. The van der Waals surface area contributed by atoms with Gasteiger partial charge in [-0.3, -0.25) is 4.79 Å². The standard InChI is InChI=1S/C16H20N2O3S/c1-5-18(3)16(19)12-10-22-15(17-12)9-21-13-7-6-11(2)8-14(13)20-4/h6-8,10H,5,9H2,1-4H3. The van der Waals surface area contributed by atoms with E-state index < -0.39 is 0 Å². The van der Waals surface area contributed by atoms with Gasteiger partial charge in [-0.15, -0.1) is 11.3 Å². The van der Waals surface area contributed by atoms with Gasteiger partial charge in [-0.25, -0.2) is 4.98 Å². The topological polar surface area (TPSA) is 51.7 Å². The van der Waals surface area contributed by atoms with Crippen molar-refractivity contribution in [2.24, 2.45) is 0 Å². The minimum Gasteiger partial charge on any atom is -0.493 e. The Morgan fingerprint density at radius 2 is 2.14 bits per heavy atom. The first kappa shape index (κ1) is 16.3. The molecule has 2 rings (SSSR count). The molecule has 1 heterocycles. The van der Waals surface area contributed by atoms with Crippen LogP contribution in [0.15, 0.2) is 23.6 Å². The van der Waals surface area contributed by atoms with E-state index in [0.717, 1.165) is 10.6 Å². The minimum absolute atomic E-state index is 0.0714. The SMILES string of the molecule is CCN(C)C(=O)c1csc(COc2ccc(C)cc2OC)n1. The van der Waals surface area contributed by atoms with Gasteiger partial charge in [0.2, 0.25) is 0 Å². The lowest BCUT2D eigenvalue weighted by Crippen LogP contribution is -2.26. The number of methoxy groups -OCH3 is 1. The number of aromatic nitrogens is 1. The van der Waals surface area contributed by atoms with Crippen LogP contribution >= 0.6 is 11.3 Å². The Kier molecular flexibility index (Phi) is 5.38. The van der Waals surface area contributed by atoms with Crippen molar-refractivity contribution < 1.29 is 14.3 Å². The van der Waals surface area contributed by atoms with Gasteiger partial charge in [0, 0.05) is 19.0 Å². The number of carbonyl (C=O) groups excluding carboxylic acids is 1. The van der Waals surface area contributed by atoms with Crippen LogP contribution in [0.3, 0.4) is 0 Å².